The topological polar surface area (TPSA) is 79.3 Å². The summed E-state index contributed by atoms with van der Waals surface area (Å²) in [6.07, 6.45) is 6.37. The number of benzene rings is 1. The van der Waals surface area contributed by atoms with Gasteiger partial charge in [-0.3, -0.25) is 14.3 Å². The Hall–Kier alpha value is -2.67. The highest BCUT2D eigenvalue weighted by Crippen LogP contribution is 2.30. The lowest BCUT2D eigenvalue weighted by Crippen LogP contribution is -2.35. The van der Waals surface area contributed by atoms with Crippen LogP contribution >= 0.6 is 0 Å². The van der Waals surface area contributed by atoms with Gasteiger partial charge in [-0.2, -0.15) is 5.10 Å². The van der Waals surface area contributed by atoms with Crippen LogP contribution in [-0.4, -0.2) is 41.2 Å². The maximum absolute atomic E-state index is 12.9. The molecule has 2 N–H and O–H groups in total. The van der Waals surface area contributed by atoms with E-state index in [2.05, 4.69) is 15.7 Å². The van der Waals surface area contributed by atoms with Gasteiger partial charge >= 0.3 is 0 Å². The van der Waals surface area contributed by atoms with Crippen molar-refractivity contribution in [2.75, 3.05) is 29.9 Å². The van der Waals surface area contributed by atoms with Crippen molar-refractivity contribution in [2.24, 2.45) is 13.0 Å². The second-order valence-electron chi connectivity index (χ2n) is 7.36. The number of amides is 2. The molecule has 0 bridgehead atoms. The number of nitrogens with one attached hydrogen (secondary N) is 2. The van der Waals surface area contributed by atoms with Crippen molar-refractivity contribution in [1.82, 2.24) is 15.1 Å². The summed E-state index contributed by atoms with van der Waals surface area (Å²) in [7, 11) is 1.88. The van der Waals surface area contributed by atoms with E-state index in [1.54, 1.807) is 4.68 Å². The SMILES string of the molecule is Cn1cc([C@H]2CNC[C@@H]2C(=O)Nc2cccc(N3CCCCC3=O)c2)cn1. The summed E-state index contributed by atoms with van der Waals surface area (Å²) < 4.78 is 1.77. The van der Waals surface area contributed by atoms with Crippen molar-refractivity contribution in [3.05, 3.63) is 42.2 Å². The fourth-order valence-electron chi connectivity index (χ4n) is 4.00. The summed E-state index contributed by atoms with van der Waals surface area (Å²) in [5.74, 6) is 0.123. The molecule has 2 aliphatic rings. The number of anilines is 2. The number of carbonyl (C=O) groups is 2. The van der Waals surface area contributed by atoms with E-state index in [-0.39, 0.29) is 23.7 Å². The van der Waals surface area contributed by atoms with Crippen molar-refractivity contribution in [1.29, 1.82) is 0 Å². The molecular formula is C20H25N5O2. The normalized spacial score (nSPS) is 22.9. The molecule has 1 aromatic carbocycles. The lowest BCUT2D eigenvalue weighted by Gasteiger charge is -2.27. The van der Waals surface area contributed by atoms with Gasteiger partial charge in [0.15, 0.2) is 0 Å². The lowest BCUT2D eigenvalue weighted by atomic mass is 9.90. The molecule has 2 aliphatic heterocycles. The smallest absolute Gasteiger partial charge is 0.229 e. The fraction of sp³-hybridized carbons (Fsp3) is 0.450. The highest BCUT2D eigenvalue weighted by Gasteiger charge is 2.34. The largest absolute Gasteiger partial charge is 0.326 e. The van der Waals surface area contributed by atoms with Crippen molar-refractivity contribution in [2.45, 2.75) is 25.2 Å². The summed E-state index contributed by atoms with van der Waals surface area (Å²) in [4.78, 5) is 26.9. The number of rotatable bonds is 4. The van der Waals surface area contributed by atoms with Crippen molar-refractivity contribution in [3.63, 3.8) is 0 Å². The molecule has 7 heteroatoms. The zero-order valence-corrected chi connectivity index (χ0v) is 15.5. The zero-order chi connectivity index (χ0) is 18.8. The molecule has 0 spiro atoms. The Morgan fingerprint density at radius 2 is 2.19 bits per heavy atom. The lowest BCUT2D eigenvalue weighted by molar-refractivity contribution is -0.120. The molecule has 0 unspecified atom stereocenters. The van der Waals surface area contributed by atoms with Crippen LogP contribution in [0.5, 0.6) is 0 Å². The first-order valence-corrected chi connectivity index (χ1v) is 9.52. The van der Waals surface area contributed by atoms with Crippen LogP contribution in [0.4, 0.5) is 11.4 Å². The number of nitrogens with zero attached hydrogens (tertiary/aromatic N) is 3. The van der Waals surface area contributed by atoms with E-state index < -0.39 is 0 Å². The first-order chi connectivity index (χ1) is 13.1. The van der Waals surface area contributed by atoms with Gasteiger partial charge in [-0.25, -0.2) is 0 Å². The van der Waals surface area contributed by atoms with Gasteiger partial charge in [0.1, 0.15) is 0 Å². The number of aromatic nitrogens is 2. The van der Waals surface area contributed by atoms with E-state index in [0.29, 0.717) is 13.0 Å². The molecule has 0 radical (unpaired) electrons. The molecule has 2 amide bonds. The minimum absolute atomic E-state index is 0.00373. The molecule has 2 saturated heterocycles. The van der Waals surface area contributed by atoms with Crippen LogP contribution in [0.3, 0.4) is 0 Å². The van der Waals surface area contributed by atoms with Crippen LogP contribution < -0.4 is 15.5 Å². The van der Waals surface area contributed by atoms with E-state index in [1.165, 1.54) is 0 Å². The average molecular weight is 367 g/mol. The highest BCUT2D eigenvalue weighted by molar-refractivity contribution is 5.97. The van der Waals surface area contributed by atoms with E-state index in [0.717, 1.165) is 42.9 Å². The molecule has 27 heavy (non-hydrogen) atoms. The number of piperidine rings is 1. The maximum Gasteiger partial charge on any atom is 0.229 e. The quantitative estimate of drug-likeness (QED) is 0.865. The van der Waals surface area contributed by atoms with E-state index in [1.807, 2.05) is 48.6 Å². The molecule has 7 nitrogen and oxygen atoms in total. The third-order valence-corrected chi connectivity index (χ3v) is 5.45. The van der Waals surface area contributed by atoms with Gasteiger partial charge in [0.25, 0.3) is 0 Å². The number of aryl methyl sites for hydroxylation is 1. The van der Waals surface area contributed by atoms with Gasteiger partial charge in [-0.15, -0.1) is 0 Å². The molecular weight excluding hydrogens is 342 g/mol. The molecule has 4 rings (SSSR count). The maximum atomic E-state index is 12.9. The van der Waals surface area contributed by atoms with Crippen LogP contribution in [0.2, 0.25) is 0 Å². The van der Waals surface area contributed by atoms with Crippen molar-refractivity contribution in [3.8, 4) is 0 Å². The highest BCUT2D eigenvalue weighted by atomic mass is 16.2. The summed E-state index contributed by atoms with van der Waals surface area (Å²) in [6.45, 7) is 2.16. The minimum Gasteiger partial charge on any atom is -0.326 e. The molecule has 2 aromatic rings. The van der Waals surface area contributed by atoms with Gasteiger partial charge in [0.05, 0.1) is 12.1 Å². The Labute approximate surface area is 158 Å². The standard InChI is InChI=1S/C20H25N5O2/c1-24-13-14(10-22-24)17-11-21-12-18(17)20(27)23-15-5-4-6-16(9-15)25-8-3-2-7-19(25)26/h4-6,9-10,13,17-18,21H,2-3,7-8,11-12H2,1H3,(H,23,27)/t17-,18+/m1/s1. The summed E-state index contributed by atoms with van der Waals surface area (Å²) in [5, 5.41) is 10.6. The van der Waals surface area contributed by atoms with E-state index in [4.69, 9.17) is 0 Å². The molecule has 142 valence electrons. The molecule has 2 fully saturated rings. The zero-order valence-electron chi connectivity index (χ0n) is 15.5. The van der Waals surface area contributed by atoms with Gasteiger partial charge in [0, 0.05) is 56.6 Å². The Morgan fingerprint density at radius 1 is 1.30 bits per heavy atom. The number of hydrogen-bond donors (Lipinski definition) is 2. The van der Waals surface area contributed by atoms with Gasteiger partial charge in [-0.05, 0) is 36.6 Å². The number of hydrogen-bond acceptors (Lipinski definition) is 4. The van der Waals surface area contributed by atoms with Crippen molar-refractivity contribution >= 4 is 23.2 Å². The van der Waals surface area contributed by atoms with Gasteiger partial charge in [-0.1, -0.05) is 6.07 Å². The first kappa shape index (κ1) is 17.7. The van der Waals surface area contributed by atoms with Crippen molar-refractivity contribution < 1.29 is 9.59 Å². The monoisotopic (exact) mass is 367 g/mol. The summed E-state index contributed by atoms with van der Waals surface area (Å²) in [6, 6.07) is 7.58. The molecule has 3 heterocycles. The van der Waals surface area contributed by atoms with Gasteiger partial charge in [0.2, 0.25) is 11.8 Å². The summed E-state index contributed by atoms with van der Waals surface area (Å²) >= 11 is 0. The Bertz CT molecular complexity index is 846. The van der Waals surface area contributed by atoms with Crippen LogP contribution in [0, 0.1) is 5.92 Å². The van der Waals surface area contributed by atoms with Crippen LogP contribution in [0.25, 0.3) is 0 Å². The minimum atomic E-state index is -0.144. The van der Waals surface area contributed by atoms with Gasteiger partial charge < -0.3 is 15.5 Å². The van der Waals surface area contributed by atoms with E-state index in [9.17, 15) is 9.59 Å². The fourth-order valence-corrected chi connectivity index (χ4v) is 4.00. The Kier molecular flexibility index (Phi) is 4.94. The average Bonchev–Trinajstić information content (AvgIpc) is 3.31. The Morgan fingerprint density at radius 3 is 2.96 bits per heavy atom. The predicted molar refractivity (Wildman–Crippen MR) is 104 cm³/mol. The van der Waals surface area contributed by atoms with E-state index >= 15 is 0 Å². The molecule has 0 aliphatic carbocycles. The summed E-state index contributed by atoms with van der Waals surface area (Å²) in [5.41, 5.74) is 2.66. The first-order valence-electron chi connectivity index (χ1n) is 9.52. The van der Waals surface area contributed by atoms with Crippen LogP contribution in [0.1, 0.15) is 30.7 Å². The van der Waals surface area contributed by atoms with Crippen LogP contribution in [-0.2, 0) is 16.6 Å². The third-order valence-electron chi connectivity index (χ3n) is 5.45. The second kappa shape index (κ2) is 7.52. The third kappa shape index (κ3) is 3.73. The number of carbonyl (C=O) groups excluding carboxylic acids is 2. The van der Waals surface area contributed by atoms with Crippen LogP contribution in [0.15, 0.2) is 36.7 Å². The predicted octanol–water partition coefficient (Wildman–Crippen LogP) is 1.88. The Balaban J connectivity index is 1.48. The molecule has 1 aromatic heterocycles. The molecule has 2 atom stereocenters. The molecule has 0 saturated carbocycles. The second-order valence-corrected chi connectivity index (χ2v) is 7.36.